The molecule has 0 aliphatic heterocycles. The van der Waals surface area contributed by atoms with Crippen LogP contribution in [-0.2, 0) is 4.79 Å². The number of carboxylic acid groups (broad SMARTS) is 1. The van der Waals surface area contributed by atoms with Crippen molar-refractivity contribution in [2.24, 2.45) is 0 Å². The molecule has 2 N–H and O–H groups in total. The largest absolute Gasteiger partial charge is 0.480 e. The van der Waals surface area contributed by atoms with Gasteiger partial charge in [-0.3, -0.25) is 4.79 Å². The van der Waals surface area contributed by atoms with Crippen LogP contribution in [0.3, 0.4) is 0 Å². The second-order valence-electron chi connectivity index (χ2n) is 4.06. The Morgan fingerprint density at radius 1 is 1.38 bits per heavy atom. The average Bonchev–Trinajstić information content (AvgIpc) is 2.88. The second kappa shape index (κ2) is 4.00. The first-order valence-electron chi connectivity index (χ1n) is 5.22. The third-order valence-electron chi connectivity index (χ3n) is 3.00. The zero-order valence-electron chi connectivity index (χ0n) is 8.73. The number of carbonyl (C=O) groups is 2. The zero-order valence-corrected chi connectivity index (χ0v) is 8.73. The van der Waals surface area contributed by atoms with E-state index in [1.54, 1.807) is 0 Å². The van der Waals surface area contributed by atoms with Gasteiger partial charge in [-0.1, -0.05) is 12.8 Å². The Hall–Kier alpha value is -1.78. The van der Waals surface area contributed by atoms with Crippen molar-refractivity contribution in [2.45, 2.75) is 31.2 Å². The predicted octanol–water partition coefficient (Wildman–Crippen LogP) is 1.41. The molecule has 1 aliphatic rings. The van der Waals surface area contributed by atoms with Gasteiger partial charge < -0.3 is 14.8 Å². The van der Waals surface area contributed by atoms with Gasteiger partial charge in [-0.15, -0.1) is 0 Å². The van der Waals surface area contributed by atoms with E-state index in [1.165, 1.54) is 18.6 Å². The molecule has 1 amide bonds. The molecule has 0 saturated heterocycles. The predicted molar refractivity (Wildman–Crippen MR) is 55.0 cm³/mol. The number of nitrogens with one attached hydrogen (secondary N) is 1. The molecule has 1 aromatic heterocycles. The van der Waals surface area contributed by atoms with E-state index < -0.39 is 17.4 Å². The normalized spacial score (nSPS) is 18.2. The molecule has 0 aromatic carbocycles. The van der Waals surface area contributed by atoms with Crippen LogP contribution >= 0.6 is 0 Å². The number of hydrogen-bond acceptors (Lipinski definition) is 3. The number of aliphatic carboxylic acids is 1. The minimum atomic E-state index is -1.09. The van der Waals surface area contributed by atoms with Gasteiger partial charge in [-0.25, -0.2) is 4.79 Å². The maximum Gasteiger partial charge on any atom is 0.329 e. The Labute approximate surface area is 92.4 Å². The van der Waals surface area contributed by atoms with Crippen molar-refractivity contribution in [1.82, 2.24) is 5.32 Å². The quantitative estimate of drug-likeness (QED) is 0.811. The minimum Gasteiger partial charge on any atom is -0.480 e. The summed E-state index contributed by atoms with van der Waals surface area (Å²) in [6, 6.07) is 1.51. The minimum absolute atomic E-state index is 0.354. The van der Waals surface area contributed by atoms with Crippen molar-refractivity contribution < 1.29 is 19.1 Å². The maximum absolute atomic E-state index is 11.7. The van der Waals surface area contributed by atoms with Crippen LogP contribution in [0.1, 0.15) is 36.0 Å². The molecule has 1 heterocycles. The van der Waals surface area contributed by atoms with E-state index >= 15 is 0 Å². The molecule has 0 spiro atoms. The van der Waals surface area contributed by atoms with Gasteiger partial charge in [0.05, 0.1) is 11.8 Å². The zero-order chi connectivity index (χ0) is 11.6. The van der Waals surface area contributed by atoms with Crippen LogP contribution < -0.4 is 5.32 Å². The highest BCUT2D eigenvalue weighted by Crippen LogP contribution is 2.30. The molecule has 16 heavy (non-hydrogen) atoms. The molecule has 1 aromatic rings. The summed E-state index contributed by atoms with van der Waals surface area (Å²) in [5, 5.41) is 11.8. The number of carboxylic acids is 1. The smallest absolute Gasteiger partial charge is 0.329 e. The van der Waals surface area contributed by atoms with E-state index in [0.717, 1.165) is 12.8 Å². The van der Waals surface area contributed by atoms with Crippen LogP contribution in [0.25, 0.3) is 0 Å². The number of amides is 1. The summed E-state index contributed by atoms with van der Waals surface area (Å²) in [5.41, 5.74) is -0.735. The summed E-state index contributed by atoms with van der Waals surface area (Å²) >= 11 is 0. The molecule has 1 aliphatic carbocycles. The number of carbonyl (C=O) groups excluding carboxylic acids is 1. The standard InChI is InChI=1S/C11H13NO4/c13-9(8-3-6-16-7-8)12-11(10(14)15)4-1-2-5-11/h3,6-7H,1-2,4-5H2,(H,12,13)(H,14,15). The first-order valence-corrected chi connectivity index (χ1v) is 5.22. The molecular formula is C11H13NO4. The Kier molecular flexibility index (Phi) is 2.68. The molecule has 0 bridgehead atoms. The Bertz CT molecular complexity index is 390. The Morgan fingerprint density at radius 2 is 2.06 bits per heavy atom. The molecule has 2 rings (SSSR count). The molecule has 86 valence electrons. The summed E-state index contributed by atoms with van der Waals surface area (Å²) in [5.74, 6) is -1.35. The number of furan rings is 1. The van der Waals surface area contributed by atoms with Crippen molar-refractivity contribution in [3.05, 3.63) is 24.2 Å². The van der Waals surface area contributed by atoms with Gasteiger partial charge in [0, 0.05) is 0 Å². The lowest BCUT2D eigenvalue weighted by atomic mass is 9.97. The molecule has 1 fully saturated rings. The van der Waals surface area contributed by atoms with Crippen LogP contribution in [-0.4, -0.2) is 22.5 Å². The molecule has 0 atom stereocenters. The lowest BCUT2D eigenvalue weighted by Gasteiger charge is -2.24. The van der Waals surface area contributed by atoms with Crippen molar-refractivity contribution in [3.63, 3.8) is 0 Å². The molecule has 5 nitrogen and oxygen atoms in total. The molecule has 0 radical (unpaired) electrons. The summed E-state index contributed by atoms with van der Waals surface area (Å²) in [6.45, 7) is 0. The van der Waals surface area contributed by atoms with Crippen molar-refractivity contribution in [2.75, 3.05) is 0 Å². The van der Waals surface area contributed by atoms with Gasteiger partial charge in [0.25, 0.3) is 5.91 Å². The SMILES string of the molecule is O=C(NC1(C(=O)O)CCCC1)c1ccoc1. The van der Waals surface area contributed by atoms with Gasteiger partial charge in [0.15, 0.2) is 0 Å². The second-order valence-corrected chi connectivity index (χ2v) is 4.06. The summed E-state index contributed by atoms with van der Waals surface area (Å²) in [7, 11) is 0. The van der Waals surface area contributed by atoms with Gasteiger partial charge in [0.1, 0.15) is 11.8 Å². The Morgan fingerprint density at radius 3 is 2.56 bits per heavy atom. The fourth-order valence-electron chi connectivity index (χ4n) is 2.05. The van der Waals surface area contributed by atoms with Crippen LogP contribution in [0.15, 0.2) is 23.0 Å². The van der Waals surface area contributed by atoms with Crippen molar-refractivity contribution >= 4 is 11.9 Å². The van der Waals surface area contributed by atoms with Crippen molar-refractivity contribution in [3.8, 4) is 0 Å². The van der Waals surface area contributed by atoms with Crippen LogP contribution in [0.4, 0.5) is 0 Å². The third kappa shape index (κ3) is 1.80. The van der Waals surface area contributed by atoms with E-state index in [9.17, 15) is 14.7 Å². The lowest BCUT2D eigenvalue weighted by Crippen LogP contribution is -2.52. The topological polar surface area (TPSA) is 79.5 Å². The highest BCUT2D eigenvalue weighted by molar-refractivity contribution is 5.97. The Balaban J connectivity index is 2.13. The fourth-order valence-corrected chi connectivity index (χ4v) is 2.05. The summed E-state index contributed by atoms with van der Waals surface area (Å²) in [6.07, 6.45) is 5.34. The van der Waals surface area contributed by atoms with Crippen LogP contribution in [0, 0.1) is 0 Å². The first-order chi connectivity index (χ1) is 7.64. The molecule has 5 heteroatoms. The van der Waals surface area contributed by atoms with Gasteiger partial charge in [-0.2, -0.15) is 0 Å². The highest BCUT2D eigenvalue weighted by atomic mass is 16.4. The first kappa shape index (κ1) is 10.7. The molecule has 0 unspecified atom stereocenters. The lowest BCUT2D eigenvalue weighted by molar-refractivity contribution is -0.144. The maximum atomic E-state index is 11.7. The van der Waals surface area contributed by atoms with E-state index in [0.29, 0.717) is 18.4 Å². The van der Waals surface area contributed by atoms with E-state index in [1.807, 2.05) is 0 Å². The number of hydrogen-bond donors (Lipinski definition) is 2. The summed E-state index contributed by atoms with van der Waals surface area (Å²) in [4.78, 5) is 22.9. The summed E-state index contributed by atoms with van der Waals surface area (Å²) < 4.78 is 4.79. The van der Waals surface area contributed by atoms with E-state index in [4.69, 9.17) is 4.42 Å². The molecule has 1 saturated carbocycles. The van der Waals surface area contributed by atoms with E-state index in [-0.39, 0.29) is 0 Å². The molecular weight excluding hydrogens is 210 g/mol. The fraction of sp³-hybridized carbons (Fsp3) is 0.455. The van der Waals surface area contributed by atoms with Gasteiger partial charge in [0.2, 0.25) is 0 Å². The van der Waals surface area contributed by atoms with Crippen molar-refractivity contribution in [1.29, 1.82) is 0 Å². The average molecular weight is 223 g/mol. The van der Waals surface area contributed by atoms with Crippen LogP contribution in [0.5, 0.6) is 0 Å². The third-order valence-corrected chi connectivity index (χ3v) is 3.00. The monoisotopic (exact) mass is 223 g/mol. The van der Waals surface area contributed by atoms with E-state index in [2.05, 4.69) is 5.32 Å². The number of rotatable bonds is 3. The van der Waals surface area contributed by atoms with Gasteiger partial charge >= 0.3 is 5.97 Å². The highest BCUT2D eigenvalue weighted by Gasteiger charge is 2.42. The van der Waals surface area contributed by atoms with Gasteiger partial charge in [-0.05, 0) is 18.9 Å². The van der Waals surface area contributed by atoms with Crippen LogP contribution in [0.2, 0.25) is 0 Å².